The minimum Gasteiger partial charge on any atom is -0.500 e. The molecule has 0 aliphatic carbocycles. The molecule has 5 nitrogen and oxygen atoms in total. The molecule has 5 heteroatoms. The van der Waals surface area contributed by atoms with Gasteiger partial charge in [0.25, 0.3) is 5.56 Å². The van der Waals surface area contributed by atoms with Crippen LogP contribution >= 0.6 is 0 Å². The smallest absolute Gasteiger partial charge is 0.297 e. The van der Waals surface area contributed by atoms with Gasteiger partial charge >= 0.3 is 0 Å². The third kappa shape index (κ3) is 5.15. The molecule has 1 heterocycles. The van der Waals surface area contributed by atoms with Gasteiger partial charge in [-0.05, 0) is 24.1 Å². The van der Waals surface area contributed by atoms with E-state index in [2.05, 4.69) is 6.92 Å². The predicted octanol–water partition coefficient (Wildman–Crippen LogP) is 5.66. The van der Waals surface area contributed by atoms with Crippen LogP contribution in [0, 0.1) is 0 Å². The molecule has 0 saturated carbocycles. The molecule has 0 bridgehead atoms. The Kier molecular flexibility index (Phi) is 7.77. The van der Waals surface area contributed by atoms with Crippen molar-refractivity contribution in [2.75, 3.05) is 7.11 Å². The highest BCUT2D eigenvalue weighted by molar-refractivity contribution is 5.88. The van der Waals surface area contributed by atoms with Gasteiger partial charge in [-0.2, -0.15) is 0 Å². The molecule has 160 valence electrons. The summed E-state index contributed by atoms with van der Waals surface area (Å²) in [5.74, 6) is 0.550. The van der Waals surface area contributed by atoms with Gasteiger partial charge in [0.1, 0.15) is 12.4 Å². The highest BCUT2D eigenvalue weighted by Crippen LogP contribution is 2.34. The van der Waals surface area contributed by atoms with Gasteiger partial charge < -0.3 is 19.1 Å². The van der Waals surface area contributed by atoms with E-state index in [1.165, 1.54) is 19.3 Å². The summed E-state index contributed by atoms with van der Waals surface area (Å²) in [5.41, 5.74) is 1.26. The minimum atomic E-state index is -0.424. The van der Waals surface area contributed by atoms with Gasteiger partial charge in [-0.1, -0.05) is 69.4 Å². The maximum Gasteiger partial charge on any atom is 0.297 e. The van der Waals surface area contributed by atoms with E-state index < -0.39 is 5.56 Å². The molecule has 0 aliphatic heterocycles. The number of hydrogen-bond acceptors (Lipinski definition) is 4. The first-order valence-electron chi connectivity index (χ1n) is 10.8. The first kappa shape index (κ1) is 21.8. The molecule has 3 rings (SSSR count). The molecule has 0 fully saturated rings. The number of ether oxygens (including phenoxy) is 2. The molecule has 0 saturated heterocycles. The normalized spacial score (nSPS) is 11.0. The number of unbranched alkanes of at least 4 members (excludes halogenated alkanes) is 5. The largest absolute Gasteiger partial charge is 0.500 e. The van der Waals surface area contributed by atoms with Crippen molar-refractivity contribution >= 4 is 10.9 Å². The van der Waals surface area contributed by atoms with Crippen LogP contribution in [-0.2, 0) is 13.2 Å². The number of pyridine rings is 1. The van der Waals surface area contributed by atoms with Crippen molar-refractivity contribution in [3.8, 4) is 17.2 Å². The summed E-state index contributed by atoms with van der Waals surface area (Å²) in [6.07, 6.45) is 6.78. The van der Waals surface area contributed by atoms with Gasteiger partial charge in [0.05, 0.1) is 12.6 Å². The van der Waals surface area contributed by atoms with Crippen molar-refractivity contribution in [3.63, 3.8) is 0 Å². The highest BCUT2D eigenvalue weighted by Gasteiger charge is 2.18. The lowest BCUT2D eigenvalue weighted by molar-refractivity contribution is 0.290. The van der Waals surface area contributed by atoms with Crippen LogP contribution in [0.5, 0.6) is 17.2 Å². The second-order valence-corrected chi connectivity index (χ2v) is 7.56. The van der Waals surface area contributed by atoms with Crippen LogP contribution in [0.25, 0.3) is 10.9 Å². The van der Waals surface area contributed by atoms with Crippen LogP contribution in [-0.4, -0.2) is 16.8 Å². The van der Waals surface area contributed by atoms with Crippen LogP contribution in [0.4, 0.5) is 0 Å². The number of fused-ring (bicyclic) bond motifs is 1. The van der Waals surface area contributed by atoms with Crippen molar-refractivity contribution in [1.82, 2.24) is 4.57 Å². The quantitative estimate of drug-likeness (QED) is 0.415. The van der Waals surface area contributed by atoms with Crippen LogP contribution in [0.2, 0.25) is 0 Å². The van der Waals surface area contributed by atoms with Gasteiger partial charge in [0.15, 0.2) is 5.75 Å². The number of aromatic nitrogens is 1. The monoisotopic (exact) mass is 409 g/mol. The van der Waals surface area contributed by atoms with Crippen LogP contribution < -0.4 is 15.0 Å². The van der Waals surface area contributed by atoms with Gasteiger partial charge in [-0.15, -0.1) is 0 Å². The Morgan fingerprint density at radius 3 is 2.43 bits per heavy atom. The number of aryl methyl sites for hydroxylation is 1. The van der Waals surface area contributed by atoms with E-state index in [1.54, 1.807) is 11.7 Å². The minimum absolute atomic E-state index is 0.223. The van der Waals surface area contributed by atoms with Crippen molar-refractivity contribution < 1.29 is 14.6 Å². The Bertz CT molecular complexity index is 1010. The lowest BCUT2D eigenvalue weighted by Crippen LogP contribution is -2.21. The fourth-order valence-electron chi connectivity index (χ4n) is 3.66. The first-order chi connectivity index (χ1) is 14.7. The van der Waals surface area contributed by atoms with E-state index in [0.717, 1.165) is 24.8 Å². The van der Waals surface area contributed by atoms with Crippen LogP contribution in [0.1, 0.15) is 51.0 Å². The number of nitrogens with zero attached hydrogens (tertiary/aromatic N) is 1. The zero-order valence-electron chi connectivity index (χ0n) is 17.9. The fraction of sp³-hybridized carbons (Fsp3) is 0.400. The molecule has 0 amide bonds. The van der Waals surface area contributed by atoms with Crippen molar-refractivity contribution in [1.29, 1.82) is 0 Å². The number of benzene rings is 2. The standard InChI is InChI=1S/C25H31NO4/c1-3-4-5-6-7-11-16-26-22-17-20(29-2)14-15-21(22)24(23(27)25(26)28)30-18-19-12-9-8-10-13-19/h8-10,12-15,17,27H,3-7,11,16,18H2,1-2H3. The van der Waals surface area contributed by atoms with E-state index in [-0.39, 0.29) is 18.1 Å². The molecule has 3 aromatic rings. The molecular formula is C25H31NO4. The summed E-state index contributed by atoms with van der Waals surface area (Å²) in [6.45, 7) is 3.03. The average Bonchev–Trinajstić information content (AvgIpc) is 2.78. The third-order valence-electron chi connectivity index (χ3n) is 5.36. The number of aromatic hydroxyl groups is 1. The fourth-order valence-corrected chi connectivity index (χ4v) is 3.66. The first-order valence-corrected chi connectivity index (χ1v) is 10.8. The SMILES string of the molecule is CCCCCCCCn1c(=O)c(O)c(OCc2ccccc2)c2ccc(OC)cc21. The Balaban J connectivity index is 1.90. The molecule has 0 atom stereocenters. The molecule has 1 N–H and O–H groups in total. The highest BCUT2D eigenvalue weighted by atomic mass is 16.5. The average molecular weight is 410 g/mol. The predicted molar refractivity (Wildman–Crippen MR) is 121 cm³/mol. The van der Waals surface area contributed by atoms with Gasteiger partial charge in [0, 0.05) is 18.0 Å². The Hall–Kier alpha value is -2.95. The van der Waals surface area contributed by atoms with Gasteiger partial charge in [-0.25, -0.2) is 0 Å². The summed E-state index contributed by atoms with van der Waals surface area (Å²) in [6, 6.07) is 15.2. The Labute approximate surface area is 177 Å². The number of methoxy groups -OCH3 is 1. The summed E-state index contributed by atoms with van der Waals surface area (Å²) < 4.78 is 12.9. The van der Waals surface area contributed by atoms with Crippen molar-refractivity contribution in [2.24, 2.45) is 0 Å². The van der Waals surface area contributed by atoms with E-state index in [1.807, 2.05) is 48.5 Å². The summed E-state index contributed by atoms with van der Waals surface area (Å²) in [7, 11) is 1.60. The molecule has 1 aromatic heterocycles. The third-order valence-corrected chi connectivity index (χ3v) is 5.36. The molecule has 0 spiro atoms. The van der Waals surface area contributed by atoms with Gasteiger partial charge in [-0.3, -0.25) is 4.79 Å². The van der Waals surface area contributed by atoms with Crippen molar-refractivity contribution in [3.05, 3.63) is 64.4 Å². The van der Waals surface area contributed by atoms with Crippen molar-refractivity contribution in [2.45, 2.75) is 58.6 Å². The van der Waals surface area contributed by atoms with Crippen LogP contribution in [0.3, 0.4) is 0 Å². The Morgan fingerprint density at radius 1 is 0.967 bits per heavy atom. The molecule has 30 heavy (non-hydrogen) atoms. The van der Waals surface area contributed by atoms with E-state index >= 15 is 0 Å². The zero-order valence-corrected chi connectivity index (χ0v) is 17.9. The topological polar surface area (TPSA) is 60.7 Å². The maximum absolute atomic E-state index is 13.0. The number of hydrogen-bond donors (Lipinski definition) is 1. The lowest BCUT2D eigenvalue weighted by Gasteiger charge is -2.17. The lowest BCUT2D eigenvalue weighted by atomic mass is 10.1. The molecule has 0 aliphatic rings. The van der Waals surface area contributed by atoms with Crippen LogP contribution in [0.15, 0.2) is 53.3 Å². The van der Waals surface area contributed by atoms with E-state index in [9.17, 15) is 9.90 Å². The molecular weight excluding hydrogens is 378 g/mol. The zero-order chi connectivity index (χ0) is 21.3. The Morgan fingerprint density at radius 2 is 1.70 bits per heavy atom. The number of rotatable bonds is 11. The molecule has 0 radical (unpaired) electrons. The van der Waals surface area contributed by atoms with E-state index in [4.69, 9.17) is 9.47 Å². The van der Waals surface area contributed by atoms with E-state index in [0.29, 0.717) is 23.2 Å². The van der Waals surface area contributed by atoms with Gasteiger partial charge in [0.2, 0.25) is 5.75 Å². The second-order valence-electron chi connectivity index (χ2n) is 7.56. The summed E-state index contributed by atoms with van der Waals surface area (Å²) >= 11 is 0. The maximum atomic E-state index is 13.0. The molecule has 0 unspecified atom stereocenters. The summed E-state index contributed by atoms with van der Waals surface area (Å²) in [4.78, 5) is 13.0. The summed E-state index contributed by atoms with van der Waals surface area (Å²) in [5, 5.41) is 11.4. The second kappa shape index (κ2) is 10.7. The molecule has 2 aromatic carbocycles.